The SMILES string of the molecule is CC(NC(=O)N[C@@H](C(=O)O)C(C)C)c1cccs1. The van der Waals surface area contributed by atoms with E-state index in [4.69, 9.17) is 5.11 Å². The number of urea groups is 1. The van der Waals surface area contributed by atoms with Crippen molar-refractivity contribution in [3.63, 3.8) is 0 Å². The van der Waals surface area contributed by atoms with Crippen molar-refractivity contribution < 1.29 is 14.7 Å². The second kappa shape index (κ2) is 6.39. The number of carbonyl (C=O) groups is 2. The molecule has 0 bridgehead atoms. The van der Waals surface area contributed by atoms with E-state index in [2.05, 4.69) is 10.6 Å². The molecule has 1 aromatic rings. The fraction of sp³-hybridized carbons (Fsp3) is 0.500. The molecule has 0 aliphatic carbocycles. The van der Waals surface area contributed by atoms with E-state index in [9.17, 15) is 9.59 Å². The highest BCUT2D eigenvalue weighted by Crippen LogP contribution is 2.17. The summed E-state index contributed by atoms with van der Waals surface area (Å²) in [7, 11) is 0. The van der Waals surface area contributed by atoms with Gasteiger partial charge in [0, 0.05) is 4.88 Å². The predicted octanol–water partition coefficient (Wildman–Crippen LogP) is 2.22. The number of nitrogens with one attached hydrogen (secondary N) is 2. The average Bonchev–Trinajstić information content (AvgIpc) is 2.78. The summed E-state index contributed by atoms with van der Waals surface area (Å²) in [6.07, 6.45) is 0. The minimum Gasteiger partial charge on any atom is -0.480 e. The van der Waals surface area contributed by atoms with Crippen LogP contribution >= 0.6 is 11.3 Å². The van der Waals surface area contributed by atoms with Crippen LogP contribution in [0.2, 0.25) is 0 Å². The van der Waals surface area contributed by atoms with Crippen molar-refractivity contribution in [3.8, 4) is 0 Å². The number of carboxylic acid groups (broad SMARTS) is 1. The Hall–Kier alpha value is -1.56. The van der Waals surface area contributed by atoms with E-state index in [-0.39, 0.29) is 12.0 Å². The molecular weight excluding hydrogens is 252 g/mol. The highest BCUT2D eigenvalue weighted by atomic mass is 32.1. The van der Waals surface area contributed by atoms with Crippen LogP contribution in [0.25, 0.3) is 0 Å². The van der Waals surface area contributed by atoms with Gasteiger partial charge in [0.05, 0.1) is 6.04 Å². The maximum absolute atomic E-state index is 11.7. The van der Waals surface area contributed by atoms with Crippen molar-refractivity contribution >= 4 is 23.3 Å². The third kappa shape index (κ3) is 4.03. The molecule has 2 atom stereocenters. The Morgan fingerprint density at radius 1 is 1.28 bits per heavy atom. The number of carbonyl (C=O) groups excluding carboxylic acids is 1. The minimum atomic E-state index is -1.02. The Bertz CT molecular complexity index is 403. The molecule has 0 aliphatic heterocycles. The van der Waals surface area contributed by atoms with Crippen LogP contribution < -0.4 is 10.6 Å². The van der Waals surface area contributed by atoms with Crippen molar-refractivity contribution in [1.82, 2.24) is 10.6 Å². The van der Waals surface area contributed by atoms with Gasteiger partial charge in [0.2, 0.25) is 0 Å². The van der Waals surface area contributed by atoms with Crippen molar-refractivity contribution in [2.24, 2.45) is 5.92 Å². The normalized spacial score (nSPS) is 14.0. The Labute approximate surface area is 110 Å². The van der Waals surface area contributed by atoms with Crippen LogP contribution in [-0.2, 0) is 4.79 Å². The summed E-state index contributed by atoms with van der Waals surface area (Å²) < 4.78 is 0. The number of carboxylic acids is 1. The molecule has 1 aromatic heterocycles. The molecule has 3 N–H and O–H groups in total. The highest BCUT2D eigenvalue weighted by Gasteiger charge is 2.24. The molecule has 0 fully saturated rings. The summed E-state index contributed by atoms with van der Waals surface area (Å²) >= 11 is 1.55. The summed E-state index contributed by atoms with van der Waals surface area (Å²) in [6, 6.07) is 2.36. The van der Waals surface area contributed by atoms with Gasteiger partial charge in [-0.2, -0.15) is 0 Å². The van der Waals surface area contributed by atoms with Gasteiger partial charge in [-0.05, 0) is 24.3 Å². The fourth-order valence-electron chi connectivity index (χ4n) is 1.50. The molecule has 1 unspecified atom stereocenters. The lowest BCUT2D eigenvalue weighted by Gasteiger charge is -2.20. The van der Waals surface area contributed by atoms with Gasteiger partial charge in [-0.1, -0.05) is 19.9 Å². The maximum atomic E-state index is 11.7. The van der Waals surface area contributed by atoms with E-state index in [1.54, 1.807) is 25.2 Å². The standard InChI is InChI=1S/C12H18N2O3S/c1-7(2)10(11(15)16)14-12(17)13-8(3)9-5-4-6-18-9/h4-8,10H,1-3H3,(H,15,16)(H2,13,14,17)/t8?,10-/m1/s1. The molecule has 1 rings (SSSR count). The van der Waals surface area contributed by atoms with Gasteiger partial charge in [0.1, 0.15) is 6.04 Å². The lowest BCUT2D eigenvalue weighted by atomic mass is 10.1. The number of hydrogen-bond acceptors (Lipinski definition) is 3. The number of hydrogen-bond donors (Lipinski definition) is 3. The second-order valence-corrected chi connectivity index (χ2v) is 5.39. The van der Waals surface area contributed by atoms with Crippen molar-refractivity contribution in [1.29, 1.82) is 0 Å². The summed E-state index contributed by atoms with van der Waals surface area (Å²) in [6.45, 7) is 5.36. The predicted molar refractivity (Wildman–Crippen MR) is 70.7 cm³/mol. The highest BCUT2D eigenvalue weighted by molar-refractivity contribution is 7.10. The van der Waals surface area contributed by atoms with Crippen molar-refractivity contribution in [2.75, 3.05) is 0 Å². The fourth-order valence-corrected chi connectivity index (χ4v) is 2.24. The van der Waals surface area contributed by atoms with Gasteiger partial charge in [-0.25, -0.2) is 9.59 Å². The Morgan fingerprint density at radius 2 is 1.94 bits per heavy atom. The Morgan fingerprint density at radius 3 is 2.39 bits per heavy atom. The third-order valence-corrected chi connectivity index (χ3v) is 3.59. The average molecular weight is 270 g/mol. The van der Waals surface area contributed by atoms with Gasteiger partial charge in [0.25, 0.3) is 0 Å². The molecule has 0 aliphatic rings. The summed E-state index contributed by atoms with van der Waals surface area (Å²) in [5, 5.41) is 16.1. The van der Waals surface area contributed by atoms with Crippen LogP contribution in [0.5, 0.6) is 0 Å². The van der Waals surface area contributed by atoms with Crippen LogP contribution in [0.3, 0.4) is 0 Å². The molecule has 0 saturated heterocycles. The third-order valence-electron chi connectivity index (χ3n) is 2.54. The lowest BCUT2D eigenvalue weighted by molar-refractivity contribution is -0.140. The summed E-state index contributed by atoms with van der Waals surface area (Å²) in [5.41, 5.74) is 0. The first-order valence-corrected chi connectivity index (χ1v) is 6.63. The molecule has 0 saturated carbocycles. The second-order valence-electron chi connectivity index (χ2n) is 4.41. The minimum absolute atomic E-state index is 0.133. The van der Waals surface area contributed by atoms with Crippen molar-refractivity contribution in [2.45, 2.75) is 32.9 Å². The van der Waals surface area contributed by atoms with E-state index in [0.717, 1.165) is 4.88 Å². The van der Waals surface area contributed by atoms with Crippen molar-refractivity contribution in [3.05, 3.63) is 22.4 Å². The van der Waals surface area contributed by atoms with Gasteiger partial charge < -0.3 is 15.7 Å². The molecule has 6 heteroatoms. The number of thiophene rings is 1. The van der Waals surface area contributed by atoms with Crippen LogP contribution in [0, 0.1) is 5.92 Å². The molecule has 0 aromatic carbocycles. The largest absolute Gasteiger partial charge is 0.480 e. The zero-order chi connectivity index (χ0) is 13.7. The molecule has 5 nitrogen and oxygen atoms in total. The van der Waals surface area contributed by atoms with E-state index < -0.39 is 18.0 Å². The Balaban J connectivity index is 2.53. The van der Waals surface area contributed by atoms with Crippen LogP contribution in [0.4, 0.5) is 4.79 Å². The number of rotatable bonds is 5. The van der Waals surface area contributed by atoms with E-state index in [1.807, 2.05) is 24.4 Å². The van der Waals surface area contributed by atoms with Gasteiger partial charge >= 0.3 is 12.0 Å². The van der Waals surface area contributed by atoms with Gasteiger partial charge in [0.15, 0.2) is 0 Å². The topological polar surface area (TPSA) is 78.4 Å². The zero-order valence-electron chi connectivity index (χ0n) is 10.6. The lowest BCUT2D eigenvalue weighted by Crippen LogP contribution is -2.49. The van der Waals surface area contributed by atoms with Crippen LogP contribution in [-0.4, -0.2) is 23.1 Å². The first-order valence-electron chi connectivity index (χ1n) is 5.75. The smallest absolute Gasteiger partial charge is 0.326 e. The molecule has 2 amide bonds. The number of aliphatic carboxylic acids is 1. The van der Waals surface area contributed by atoms with E-state index in [1.165, 1.54) is 0 Å². The molecule has 1 heterocycles. The monoisotopic (exact) mass is 270 g/mol. The molecule has 18 heavy (non-hydrogen) atoms. The maximum Gasteiger partial charge on any atom is 0.326 e. The van der Waals surface area contributed by atoms with Crippen LogP contribution in [0.15, 0.2) is 17.5 Å². The first-order chi connectivity index (χ1) is 8.41. The van der Waals surface area contributed by atoms with E-state index in [0.29, 0.717) is 0 Å². The molecular formula is C12H18N2O3S. The zero-order valence-corrected chi connectivity index (χ0v) is 11.5. The van der Waals surface area contributed by atoms with Gasteiger partial charge in [-0.3, -0.25) is 0 Å². The van der Waals surface area contributed by atoms with Crippen LogP contribution in [0.1, 0.15) is 31.7 Å². The number of amides is 2. The molecule has 100 valence electrons. The molecule has 0 spiro atoms. The van der Waals surface area contributed by atoms with Gasteiger partial charge in [-0.15, -0.1) is 11.3 Å². The molecule has 0 radical (unpaired) electrons. The first kappa shape index (κ1) is 14.5. The Kier molecular flexibility index (Phi) is 5.15. The van der Waals surface area contributed by atoms with E-state index >= 15 is 0 Å². The summed E-state index contributed by atoms with van der Waals surface area (Å²) in [4.78, 5) is 23.7. The summed E-state index contributed by atoms with van der Waals surface area (Å²) in [5.74, 6) is -1.19. The quantitative estimate of drug-likeness (QED) is 0.767.